The van der Waals surface area contributed by atoms with Crippen LogP contribution >= 0.6 is 11.3 Å². The van der Waals surface area contributed by atoms with Crippen molar-refractivity contribution < 1.29 is 13.2 Å². The molecule has 1 aliphatic heterocycles. The van der Waals surface area contributed by atoms with Gasteiger partial charge in [-0.15, -0.1) is 11.3 Å². The molecule has 1 aliphatic rings. The lowest BCUT2D eigenvalue weighted by Gasteiger charge is -2.27. The van der Waals surface area contributed by atoms with Crippen LogP contribution < -0.4 is 5.32 Å². The second-order valence-corrected chi connectivity index (χ2v) is 8.29. The third-order valence-corrected chi connectivity index (χ3v) is 6.09. The Morgan fingerprint density at radius 2 is 2.19 bits per heavy atom. The van der Waals surface area contributed by atoms with E-state index in [1.807, 2.05) is 6.92 Å². The number of nitrogens with one attached hydrogen (secondary N) is 1. The minimum absolute atomic E-state index is 0.0543. The minimum atomic E-state index is -3.41. The smallest absolute Gasteiger partial charge is 0.281 e. The monoisotopic (exact) mass is 332 g/mol. The van der Waals surface area contributed by atoms with Crippen molar-refractivity contribution in [2.24, 2.45) is 0 Å². The van der Waals surface area contributed by atoms with Crippen LogP contribution in [0.3, 0.4) is 0 Å². The van der Waals surface area contributed by atoms with E-state index in [1.54, 1.807) is 0 Å². The largest absolute Gasteiger partial charge is 0.302 e. The summed E-state index contributed by atoms with van der Waals surface area (Å²) in [7, 11) is -0.363. The van der Waals surface area contributed by atoms with E-state index in [9.17, 15) is 13.2 Å². The summed E-state index contributed by atoms with van der Waals surface area (Å²) in [5, 5.41) is 3.32. The number of rotatable bonds is 5. The van der Waals surface area contributed by atoms with Crippen molar-refractivity contribution in [1.29, 1.82) is 0 Å². The first-order chi connectivity index (χ1) is 9.84. The average molecular weight is 332 g/mol. The zero-order chi connectivity index (χ0) is 15.6. The summed E-state index contributed by atoms with van der Waals surface area (Å²) in [6, 6.07) is 0. The summed E-state index contributed by atoms with van der Waals surface area (Å²) in [5.74, 6) is -0.0543. The van der Waals surface area contributed by atoms with Crippen molar-refractivity contribution in [1.82, 2.24) is 13.6 Å². The summed E-state index contributed by atoms with van der Waals surface area (Å²) in [6.07, 6.45) is 1.82. The number of fused-ring (bicyclic) bond motifs is 1. The maximum absolute atomic E-state index is 12.1. The predicted octanol–water partition coefficient (Wildman–Crippen LogP) is 1.05. The maximum atomic E-state index is 12.1. The topological polar surface area (TPSA) is 82.6 Å². The Balaban J connectivity index is 2.12. The molecule has 1 N–H and O–H groups in total. The fourth-order valence-electron chi connectivity index (χ4n) is 2.06. The quantitative estimate of drug-likeness (QED) is 0.873. The van der Waals surface area contributed by atoms with Crippen LogP contribution in [-0.4, -0.2) is 48.6 Å². The standard InChI is InChI=1S/C12H20N4O3S2/c1-4-5-11(17)14-12-13-9-6-7-16(8-10(9)20-12)21(18,19)15(2)3/h4-8H2,1-3H3,(H,13,14,17). The highest BCUT2D eigenvalue weighted by atomic mass is 32.2. The lowest BCUT2D eigenvalue weighted by Crippen LogP contribution is -2.42. The SMILES string of the molecule is CCCC(=O)Nc1nc2c(s1)CN(S(=O)(=O)N(C)C)CC2. The zero-order valence-corrected chi connectivity index (χ0v) is 14.1. The van der Waals surface area contributed by atoms with Crippen molar-refractivity contribution in [2.45, 2.75) is 32.7 Å². The Bertz CT molecular complexity index is 624. The van der Waals surface area contributed by atoms with Crippen LogP contribution in [0, 0.1) is 0 Å². The van der Waals surface area contributed by atoms with Crippen LogP contribution in [0.25, 0.3) is 0 Å². The lowest BCUT2D eigenvalue weighted by molar-refractivity contribution is -0.116. The van der Waals surface area contributed by atoms with Crippen molar-refractivity contribution in [2.75, 3.05) is 26.0 Å². The summed E-state index contributed by atoms with van der Waals surface area (Å²) in [5.41, 5.74) is 0.886. The molecule has 0 bridgehead atoms. The van der Waals surface area contributed by atoms with E-state index in [2.05, 4.69) is 10.3 Å². The van der Waals surface area contributed by atoms with Crippen LogP contribution in [0.5, 0.6) is 0 Å². The molecule has 0 saturated carbocycles. The molecule has 2 rings (SSSR count). The van der Waals surface area contributed by atoms with Crippen molar-refractivity contribution in [3.63, 3.8) is 0 Å². The molecule has 0 saturated heterocycles. The molecule has 0 spiro atoms. The molecule has 0 atom stereocenters. The van der Waals surface area contributed by atoms with E-state index in [4.69, 9.17) is 0 Å². The number of anilines is 1. The molecule has 1 aromatic rings. The first kappa shape index (κ1) is 16.3. The van der Waals surface area contributed by atoms with E-state index in [0.717, 1.165) is 17.0 Å². The van der Waals surface area contributed by atoms with E-state index in [-0.39, 0.29) is 5.91 Å². The van der Waals surface area contributed by atoms with Gasteiger partial charge in [0.15, 0.2) is 5.13 Å². The van der Waals surface area contributed by atoms with Gasteiger partial charge in [-0.05, 0) is 6.42 Å². The average Bonchev–Trinajstić information content (AvgIpc) is 2.79. The Hall–Kier alpha value is -1.03. The van der Waals surface area contributed by atoms with Gasteiger partial charge < -0.3 is 5.32 Å². The van der Waals surface area contributed by atoms with Gasteiger partial charge in [0.2, 0.25) is 5.91 Å². The van der Waals surface area contributed by atoms with Gasteiger partial charge in [0.05, 0.1) is 12.2 Å². The first-order valence-electron chi connectivity index (χ1n) is 6.80. The second-order valence-electron chi connectivity index (χ2n) is 5.06. The van der Waals surface area contributed by atoms with Crippen molar-refractivity contribution in [3.8, 4) is 0 Å². The Morgan fingerprint density at radius 1 is 1.48 bits per heavy atom. The lowest BCUT2D eigenvalue weighted by atomic mass is 10.2. The molecule has 7 nitrogen and oxygen atoms in total. The predicted molar refractivity (Wildman–Crippen MR) is 82.4 cm³/mol. The number of nitrogens with zero attached hydrogens (tertiary/aromatic N) is 3. The molecule has 0 aromatic carbocycles. The molecule has 21 heavy (non-hydrogen) atoms. The number of carbonyl (C=O) groups is 1. The van der Waals surface area contributed by atoms with Crippen LogP contribution in [0.4, 0.5) is 5.13 Å². The molecule has 0 aliphatic carbocycles. The molecule has 0 fully saturated rings. The molecule has 1 amide bonds. The van der Waals surface area contributed by atoms with Gasteiger partial charge in [0.1, 0.15) is 0 Å². The number of carbonyl (C=O) groups excluding carboxylic acids is 1. The van der Waals surface area contributed by atoms with Crippen molar-refractivity contribution >= 4 is 32.6 Å². The Morgan fingerprint density at radius 3 is 2.81 bits per heavy atom. The molecule has 9 heteroatoms. The maximum Gasteiger partial charge on any atom is 0.281 e. The summed E-state index contributed by atoms with van der Waals surface area (Å²) < 4.78 is 26.9. The molecule has 1 aromatic heterocycles. The van der Waals surface area contributed by atoms with Gasteiger partial charge in [-0.2, -0.15) is 17.0 Å². The first-order valence-corrected chi connectivity index (χ1v) is 9.02. The number of aromatic nitrogens is 1. The van der Waals surface area contributed by atoms with Crippen LogP contribution in [-0.2, 0) is 28.0 Å². The summed E-state index contributed by atoms with van der Waals surface area (Å²) in [6.45, 7) is 2.67. The third kappa shape index (κ3) is 3.60. The molecular weight excluding hydrogens is 312 g/mol. The fourth-order valence-corrected chi connectivity index (χ4v) is 4.26. The molecule has 2 heterocycles. The van der Waals surface area contributed by atoms with E-state index < -0.39 is 10.2 Å². The highest BCUT2D eigenvalue weighted by Gasteiger charge is 2.30. The van der Waals surface area contributed by atoms with E-state index in [1.165, 1.54) is 34.0 Å². The fraction of sp³-hybridized carbons (Fsp3) is 0.667. The molecule has 0 unspecified atom stereocenters. The normalized spacial score (nSPS) is 16.0. The van der Waals surface area contributed by atoms with Gasteiger partial charge in [-0.1, -0.05) is 6.92 Å². The van der Waals surface area contributed by atoms with Gasteiger partial charge in [0.25, 0.3) is 10.2 Å². The summed E-state index contributed by atoms with van der Waals surface area (Å²) in [4.78, 5) is 16.9. The van der Waals surface area contributed by atoms with Crippen LogP contribution in [0.2, 0.25) is 0 Å². The highest BCUT2D eigenvalue weighted by molar-refractivity contribution is 7.86. The van der Waals surface area contributed by atoms with E-state index in [0.29, 0.717) is 31.1 Å². The van der Waals surface area contributed by atoms with E-state index >= 15 is 0 Å². The van der Waals surface area contributed by atoms with Crippen LogP contribution in [0.1, 0.15) is 30.3 Å². The van der Waals surface area contributed by atoms with Gasteiger partial charge in [-0.3, -0.25) is 4.79 Å². The second kappa shape index (κ2) is 6.39. The van der Waals surface area contributed by atoms with Crippen molar-refractivity contribution in [3.05, 3.63) is 10.6 Å². The van der Waals surface area contributed by atoms with Gasteiger partial charge in [-0.25, -0.2) is 4.98 Å². The number of thiazole rings is 1. The zero-order valence-electron chi connectivity index (χ0n) is 12.4. The van der Waals surface area contributed by atoms with Gasteiger partial charge >= 0.3 is 0 Å². The minimum Gasteiger partial charge on any atom is -0.302 e. The van der Waals surface area contributed by atoms with Crippen LogP contribution in [0.15, 0.2) is 0 Å². The highest BCUT2D eigenvalue weighted by Crippen LogP contribution is 2.29. The summed E-state index contributed by atoms with van der Waals surface area (Å²) >= 11 is 1.35. The number of amides is 1. The molecular formula is C12H20N4O3S2. The molecule has 0 radical (unpaired) electrons. The molecule has 118 valence electrons. The third-order valence-electron chi connectivity index (χ3n) is 3.21. The Labute approximate surface area is 129 Å². The number of hydrogen-bond acceptors (Lipinski definition) is 5. The van der Waals surface area contributed by atoms with Gasteiger partial charge in [0, 0.05) is 38.4 Å². The Kier molecular flexibility index (Phi) is 4.97. The number of hydrogen-bond donors (Lipinski definition) is 1.